The van der Waals surface area contributed by atoms with Gasteiger partial charge in [-0.05, 0) is 0 Å². The Balaban J connectivity index is 1.97. The van der Waals surface area contributed by atoms with Gasteiger partial charge in [0.25, 0.3) is 0 Å². The minimum absolute atomic E-state index is 0.158. The zero-order chi connectivity index (χ0) is 20.0. The molecular formula is C26H19N2Se+. The first-order valence-corrected chi connectivity index (χ1v) is 11.3. The van der Waals surface area contributed by atoms with Crippen LogP contribution in [0.2, 0.25) is 0 Å². The van der Waals surface area contributed by atoms with E-state index in [0.29, 0.717) is 0 Å². The van der Waals surface area contributed by atoms with Crippen LogP contribution in [0.25, 0.3) is 41.7 Å². The Kier molecular flexibility index (Phi) is 4.32. The van der Waals surface area contributed by atoms with Gasteiger partial charge in [-0.3, -0.25) is 0 Å². The Morgan fingerprint density at radius 3 is 2.48 bits per heavy atom. The fraction of sp³-hybridized carbons (Fsp3) is 0.0769. The molecule has 138 valence electrons. The summed E-state index contributed by atoms with van der Waals surface area (Å²) in [6.07, 6.45) is 2.11. The summed E-state index contributed by atoms with van der Waals surface area (Å²) < 4.78 is 4.92. The maximum atomic E-state index is 9.39. The zero-order valence-corrected chi connectivity index (χ0v) is 18.0. The van der Waals surface area contributed by atoms with Crippen LogP contribution in [-0.4, -0.2) is 14.5 Å². The third kappa shape index (κ3) is 2.89. The zero-order valence-electron chi connectivity index (χ0n) is 16.3. The van der Waals surface area contributed by atoms with E-state index in [0.717, 1.165) is 5.56 Å². The van der Waals surface area contributed by atoms with Crippen molar-refractivity contribution in [2.75, 3.05) is 0 Å². The van der Waals surface area contributed by atoms with Crippen molar-refractivity contribution in [1.29, 1.82) is 5.26 Å². The fourth-order valence-electron chi connectivity index (χ4n) is 4.10. The van der Waals surface area contributed by atoms with E-state index in [4.69, 9.17) is 0 Å². The van der Waals surface area contributed by atoms with Gasteiger partial charge in [0.15, 0.2) is 0 Å². The van der Waals surface area contributed by atoms with Gasteiger partial charge in [0.1, 0.15) is 0 Å². The van der Waals surface area contributed by atoms with Gasteiger partial charge in [0.05, 0.1) is 0 Å². The molecule has 0 N–H and O–H groups in total. The van der Waals surface area contributed by atoms with Gasteiger partial charge in [-0.1, -0.05) is 0 Å². The number of aryl methyl sites for hydroxylation is 2. The standard InChI is InChI=1S/C26H19N2Se/c1-17-14-21(19-8-4-3-5-9-19)25-20-12-11-18(16-27)15-23(20)29-26(25)24(17)22-10-6-7-13-28(22)2/h3-15H,1-2H3/q+1. The van der Waals surface area contributed by atoms with E-state index in [9.17, 15) is 5.26 Å². The summed E-state index contributed by atoms with van der Waals surface area (Å²) in [4.78, 5) is 0. The number of pyridine rings is 1. The Morgan fingerprint density at radius 2 is 1.72 bits per heavy atom. The SMILES string of the molecule is Cc1cc(-c2ccccc2)c2c([se]c3cc(C#N)ccc32)c1-c1cccc[n+]1C. The van der Waals surface area contributed by atoms with Gasteiger partial charge in [-0.15, -0.1) is 0 Å². The predicted molar refractivity (Wildman–Crippen MR) is 120 cm³/mol. The van der Waals surface area contributed by atoms with Gasteiger partial charge < -0.3 is 0 Å². The van der Waals surface area contributed by atoms with E-state index in [1.54, 1.807) is 0 Å². The summed E-state index contributed by atoms with van der Waals surface area (Å²) in [6, 6.07) is 27.8. The first-order valence-electron chi connectivity index (χ1n) is 9.58. The second-order valence-corrected chi connectivity index (χ2v) is 9.52. The van der Waals surface area contributed by atoms with Crippen molar-refractivity contribution >= 4 is 33.8 Å². The Hall–Kier alpha value is -3.18. The first kappa shape index (κ1) is 17.9. The van der Waals surface area contributed by atoms with Crippen LogP contribution in [0.3, 0.4) is 0 Å². The van der Waals surface area contributed by atoms with Crippen LogP contribution in [0.5, 0.6) is 0 Å². The third-order valence-corrected chi connectivity index (χ3v) is 7.92. The van der Waals surface area contributed by atoms with Crippen molar-refractivity contribution in [3.8, 4) is 28.5 Å². The van der Waals surface area contributed by atoms with E-state index in [1.807, 2.05) is 6.07 Å². The average molecular weight is 438 g/mol. The van der Waals surface area contributed by atoms with Gasteiger partial charge in [-0.2, -0.15) is 0 Å². The predicted octanol–water partition coefficient (Wildman–Crippen LogP) is 5.39. The molecule has 0 radical (unpaired) electrons. The Morgan fingerprint density at radius 1 is 0.931 bits per heavy atom. The quantitative estimate of drug-likeness (QED) is 0.268. The molecule has 2 heterocycles. The first-order chi connectivity index (χ1) is 14.2. The molecule has 0 unspecified atom stereocenters. The van der Waals surface area contributed by atoms with Crippen molar-refractivity contribution in [2.24, 2.45) is 7.05 Å². The second-order valence-electron chi connectivity index (χ2n) is 7.31. The molecule has 3 aromatic carbocycles. The van der Waals surface area contributed by atoms with E-state index in [1.165, 1.54) is 47.2 Å². The van der Waals surface area contributed by atoms with Crippen molar-refractivity contribution < 1.29 is 4.57 Å². The van der Waals surface area contributed by atoms with Crippen molar-refractivity contribution in [1.82, 2.24) is 0 Å². The Bertz CT molecular complexity index is 1420. The molecule has 0 amide bonds. The third-order valence-electron chi connectivity index (χ3n) is 5.47. The molecular weight excluding hydrogens is 419 g/mol. The molecule has 2 aromatic heterocycles. The Labute approximate surface area is 176 Å². The summed E-state index contributed by atoms with van der Waals surface area (Å²) in [5, 5.41) is 12.0. The molecule has 3 heteroatoms. The van der Waals surface area contributed by atoms with Gasteiger partial charge in [-0.25, -0.2) is 0 Å². The number of benzene rings is 3. The molecule has 5 aromatic rings. The number of fused-ring (bicyclic) bond motifs is 3. The molecule has 0 saturated carbocycles. The fourth-order valence-corrected chi connectivity index (χ4v) is 6.98. The van der Waals surface area contributed by atoms with Crippen LogP contribution in [0, 0.1) is 18.3 Å². The van der Waals surface area contributed by atoms with Crippen LogP contribution in [-0.2, 0) is 7.05 Å². The summed E-state index contributed by atoms with van der Waals surface area (Å²) in [6.45, 7) is 2.22. The number of hydrogen-bond acceptors (Lipinski definition) is 1. The van der Waals surface area contributed by atoms with E-state index in [2.05, 4.69) is 97.5 Å². The maximum absolute atomic E-state index is 9.39. The molecule has 0 atom stereocenters. The summed E-state index contributed by atoms with van der Waals surface area (Å²) >= 11 is 0.158. The molecule has 0 spiro atoms. The average Bonchev–Trinajstić information content (AvgIpc) is 3.13. The molecule has 29 heavy (non-hydrogen) atoms. The molecule has 0 aliphatic rings. The van der Waals surface area contributed by atoms with Crippen LogP contribution < -0.4 is 4.57 Å². The van der Waals surface area contributed by atoms with Crippen LogP contribution in [0.1, 0.15) is 11.1 Å². The van der Waals surface area contributed by atoms with Crippen LogP contribution in [0.15, 0.2) is 79.0 Å². The number of hydrogen-bond donors (Lipinski definition) is 0. The van der Waals surface area contributed by atoms with E-state index >= 15 is 0 Å². The number of nitrogens with zero attached hydrogens (tertiary/aromatic N) is 2. The monoisotopic (exact) mass is 439 g/mol. The molecule has 0 aliphatic carbocycles. The van der Waals surface area contributed by atoms with Crippen molar-refractivity contribution in [3.63, 3.8) is 0 Å². The number of nitriles is 1. The van der Waals surface area contributed by atoms with E-state index in [-0.39, 0.29) is 14.5 Å². The van der Waals surface area contributed by atoms with Crippen LogP contribution in [0.4, 0.5) is 0 Å². The molecule has 2 nitrogen and oxygen atoms in total. The van der Waals surface area contributed by atoms with Gasteiger partial charge in [0, 0.05) is 0 Å². The van der Waals surface area contributed by atoms with Crippen molar-refractivity contribution in [2.45, 2.75) is 6.92 Å². The molecule has 0 aliphatic heterocycles. The normalized spacial score (nSPS) is 11.1. The second kappa shape index (κ2) is 7.01. The number of rotatable bonds is 2. The van der Waals surface area contributed by atoms with Crippen molar-refractivity contribution in [3.05, 3.63) is 90.1 Å². The van der Waals surface area contributed by atoms with E-state index < -0.39 is 0 Å². The molecule has 0 fully saturated rings. The number of aromatic nitrogens is 1. The molecule has 5 rings (SSSR count). The van der Waals surface area contributed by atoms with Gasteiger partial charge in [0.2, 0.25) is 0 Å². The summed E-state index contributed by atoms with van der Waals surface area (Å²) in [5.74, 6) is 0. The van der Waals surface area contributed by atoms with Gasteiger partial charge >= 0.3 is 176 Å². The van der Waals surface area contributed by atoms with Crippen LogP contribution >= 0.6 is 0 Å². The molecule has 0 bridgehead atoms. The summed E-state index contributed by atoms with van der Waals surface area (Å²) in [7, 11) is 2.11. The minimum atomic E-state index is 0.158. The molecule has 0 saturated heterocycles. The topological polar surface area (TPSA) is 27.7 Å². The summed E-state index contributed by atoms with van der Waals surface area (Å²) in [5.41, 5.74) is 7.12.